The summed E-state index contributed by atoms with van der Waals surface area (Å²) in [6.45, 7) is 1.77. The van der Waals surface area contributed by atoms with E-state index in [1.54, 1.807) is 23.4 Å². The molecule has 3 aromatic rings. The fourth-order valence-electron chi connectivity index (χ4n) is 2.37. The van der Waals surface area contributed by atoms with Crippen LogP contribution in [0.4, 0.5) is 5.69 Å². The van der Waals surface area contributed by atoms with Crippen LogP contribution in [-0.4, -0.2) is 21.9 Å². The third kappa shape index (κ3) is 3.32. The Labute approximate surface area is 149 Å². The van der Waals surface area contributed by atoms with E-state index in [0.717, 1.165) is 16.3 Å². The van der Waals surface area contributed by atoms with Crippen molar-refractivity contribution in [2.24, 2.45) is 0 Å². The van der Waals surface area contributed by atoms with Crippen molar-refractivity contribution >= 4 is 35.0 Å². The Morgan fingerprint density at radius 3 is 2.42 bits per heavy atom. The minimum absolute atomic E-state index is 0.267. The zero-order chi connectivity index (χ0) is 17.1. The molecule has 0 spiro atoms. The van der Waals surface area contributed by atoms with Gasteiger partial charge in [-0.15, -0.1) is 11.8 Å². The molecule has 1 amide bonds. The van der Waals surface area contributed by atoms with Gasteiger partial charge in [-0.1, -0.05) is 29.8 Å². The number of halogens is 1. The van der Waals surface area contributed by atoms with Crippen LogP contribution in [0.3, 0.4) is 0 Å². The first-order chi connectivity index (χ1) is 11.6. The van der Waals surface area contributed by atoms with Crippen molar-refractivity contribution in [2.45, 2.75) is 11.8 Å². The molecule has 0 aliphatic carbocycles. The summed E-state index contributed by atoms with van der Waals surface area (Å²) in [5, 5.41) is 7.56. The van der Waals surface area contributed by atoms with Crippen LogP contribution in [0.15, 0.2) is 59.5 Å². The fraction of sp³-hybridized carbons (Fsp3) is 0.111. The van der Waals surface area contributed by atoms with Crippen LogP contribution in [-0.2, 0) is 0 Å². The van der Waals surface area contributed by atoms with Crippen LogP contribution < -0.4 is 5.32 Å². The quantitative estimate of drug-likeness (QED) is 0.682. The molecule has 0 saturated carbocycles. The van der Waals surface area contributed by atoms with Gasteiger partial charge in [0.15, 0.2) is 0 Å². The van der Waals surface area contributed by atoms with E-state index in [9.17, 15) is 4.79 Å². The number of benzene rings is 2. The number of amides is 1. The van der Waals surface area contributed by atoms with E-state index in [4.69, 9.17) is 11.6 Å². The van der Waals surface area contributed by atoms with Gasteiger partial charge in [0.2, 0.25) is 0 Å². The maximum Gasteiger partial charge on any atom is 0.260 e. The molecule has 3 rings (SSSR count). The first kappa shape index (κ1) is 16.6. The summed E-state index contributed by atoms with van der Waals surface area (Å²) in [6, 6.07) is 17.2. The third-order valence-corrected chi connectivity index (χ3v) is 4.67. The molecule has 0 saturated heterocycles. The lowest BCUT2D eigenvalue weighted by Crippen LogP contribution is -2.13. The number of carbonyl (C=O) groups is 1. The predicted octanol–water partition coefficient (Wildman–Crippen LogP) is 4.81. The van der Waals surface area contributed by atoms with E-state index < -0.39 is 0 Å². The Bertz CT molecular complexity index is 860. The molecule has 0 bridgehead atoms. The number of aryl methyl sites for hydroxylation is 1. The largest absolute Gasteiger partial charge is 0.322 e. The molecule has 24 heavy (non-hydrogen) atoms. The Morgan fingerprint density at radius 1 is 1.12 bits per heavy atom. The maximum atomic E-state index is 12.6. The van der Waals surface area contributed by atoms with Gasteiger partial charge in [-0.2, -0.15) is 5.10 Å². The van der Waals surface area contributed by atoms with Crippen molar-refractivity contribution in [3.8, 4) is 5.69 Å². The van der Waals surface area contributed by atoms with Crippen molar-refractivity contribution in [2.75, 3.05) is 11.6 Å². The zero-order valence-corrected chi connectivity index (χ0v) is 14.9. The third-order valence-electron chi connectivity index (χ3n) is 3.58. The first-order valence-corrected chi connectivity index (χ1v) is 8.96. The molecule has 2 aromatic carbocycles. The van der Waals surface area contributed by atoms with Crippen LogP contribution in [0.2, 0.25) is 5.15 Å². The standard InChI is InChI=1S/C18H16ClN3OS/c1-12-16(17(19)22(21-12)14-6-4-3-5-7-14)18(23)20-13-8-10-15(24-2)11-9-13/h3-11H,1-2H3,(H,20,23). The van der Waals surface area contributed by atoms with Crippen molar-refractivity contribution in [1.29, 1.82) is 0 Å². The summed E-state index contributed by atoms with van der Waals surface area (Å²) in [5.74, 6) is -0.267. The number of hydrogen-bond donors (Lipinski definition) is 1. The molecule has 6 heteroatoms. The molecule has 1 heterocycles. The van der Waals surface area contributed by atoms with Crippen molar-refractivity contribution in [3.63, 3.8) is 0 Å². The molecule has 0 atom stereocenters. The average molecular weight is 358 g/mol. The van der Waals surface area contributed by atoms with Crippen LogP contribution >= 0.6 is 23.4 Å². The Hall–Kier alpha value is -2.24. The van der Waals surface area contributed by atoms with Gasteiger partial charge >= 0.3 is 0 Å². The predicted molar refractivity (Wildman–Crippen MR) is 99.5 cm³/mol. The van der Waals surface area contributed by atoms with Crippen molar-refractivity contribution in [3.05, 3.63) is 71.0 Å². The Balaban J connectivity index is 1.88. The van der Waals surface area contributed by atoms with Gasteiger partial charge in [0.05, 0.1) is 11.4 Å². The van der Waals surface area contributed by atoms with Gasteiger partial charge in [-0.05, 0) is 49.6 Å². The van der Waals surface area contributed by atoms with E-state index in [1.807, 2.05) is 60.9 Å². The minimum atomic E-state index is -0.267. The van der Waals surface area contributed by atoms with Gasteiger partial charge in [-0.3, -0.25) is 4.79 Å². The molecular formula is C18H16ClN3OS. The van der Waals surface area contributed by atoms with E-state index >= 15 is 0 Å². The van der Waals surface area contributed by atoms with Crippen molar-refractivity contribution < 1.29 is 4.79 Å². The van der Waals surface area contributed by atoms with Gasteiger partial charge in [-0.25, -0.2) is 4.68 Å². The lowest BCUT2D eigenvalue weighted by molar-refractivity contribution is 0.102. The smallest absolute Gasteiger partial charge is 0.260 e. The molecule has 0 aliphatic rings. The van der Waals surface area contributed by atoms with E-state index in [-0.39, 0.29) is 5.91 Å². The Kier molecular flexibility index (Phi) is 4.92. The van der Waals surface area contributed by atoms with Crippen molar-refractivity contribution in [1.82, 2.24) is 9.78 Å². The number of hydrogen-bond acceptors (Lipinski definition) is 3. The molecule has 0 radical (unpaired) electrons. The zero-order valence-electron chi connectivity index (χ0n) is 13.3. The summed E-state index contributed by atoms with van der Waals surface area (Å²) in [4.78, 5) is 13.7. The minimum Gasteiger partial charge on any atom is -0.322 e. The highest BCUT2D eigenvalue weighted by Gasteiger charge is 2.21. The van der Waals surface area contributed by atoms with E-state index in [1.165, 1.54) is 0 Å². The normalized spacial score (nSPS) is 10.6. The number of anilines is 1. The highest BCUT2D eigenvalue weighted by molar-refractivity contribution is 7.98. The summed E-state index contributed by atoms with van der Waals surface area (Å²) in [7, 11) is 0. The second-order valence-corrected chi connectivity index (χ2v) is 6.42. The maximum absolute atomic E-state index is 12.6. The number of nitrogens with one attached hydrogen (secondary N) is 1. The molecule has 4 nitrogen and oxygen atoms in total. The number of rotatable bonds is 4. The van der Waals surface area contributed by atoms with Crippen LogP contribution in [0.1, 0.15) is 16.1 Å². The van der Waals surface area contributed by atoms with Crippen LogP contribution in [0.5, 0.6) is 0 Å². The summed E-state index contributed by atoms with van der Waals surface area (Å²) < 4.78 is 1.57. The highest BCUT2D eigenvalue weighted by atomic mass is 35.5. The van der Waals surface area contributed by atoms with Gasteiger partial charge in [0, 0.05) is 10.6 Å². The number of thioether (sulfide) groups is 1. The summed E-state index contributed by atoms with van der Waals surface area (Å²) >= 11 is 8.06. The lowest BCUT2D eigenvalue weighted by Gasteiger charge is -2.06. The summed E-state index contributed by atoms with van der Waals surface area (Å²) in [6.07, 6.45) is 2.01. The van der Waals surface area contributed by atoms with E-state index in [2.05, 4.69) is 10.4 Å². The van der Waals surface area contributed by atoms with Crippen LogP contribution in [0, 0.1) is 6.92 Å². The number of para-hydroxylation sites is 1. The second-order valence-electron chi connectivity index (χ2n) is 5.18. The van der Waals surface area contributed by atoms with Gasteiger partial charge in [0.25, 0.3) is 5.91 Å². The SMILES string of the molecule is CSc1ccc(NC(=O)c2c(C)nn(-c3ccccc3)c2Cl)cc1. The molecular weight excluding hydrogens is 342 g/mol. The fourth-order valence-corrected chi connectivity index (χ4v) is 3.13. The molecule has 1 N–H and O–H groups in total. The van der Waals surface area contributed by atoms with E-state index in [0.29, 0.717) is 16.4 Å². The molecule has 0 fully saturated rings. The molecule has 0 unspecified atom stereocenters. The molecule has 1 aromatic heterocycles. The monoisotopic (exact) mass is 357 g/mol. The number of aromatic nitrogens is 2. The van der Waals surface area contributed by atoms with Crippen LogP contribution in [0.25, 0.3) is 5.69 Å². The topological polar surface area (TPSA) is 46.9 Å². The molecule has 0 aliphatic heterocycles. The van der Waals surface area contributed by atoms with Gasteiger partial charge < -0.3 is 5.32 Å². The lowest BCUT2D eigenvalue weighted by atomic mass is 10.2. The van der Waals surface area contributed by atoms with Gasteiger partial charge in [0.1, 0.15) is 10.7 Å². The Morgan fingerprint density at radius 2 is 1.79 bits per heavy atom. The highest BCUT2D eigenvalue weighted by Crippen LogP contribution is 2.25. The second kappa shape index (κ2) is 7.11. The number of nitrogens with zero attached hydrogens (tertiary/aromatic N) is 2. The molecule has 122 valence electrons. The first-order valence-electron chi connectivity index (χ1n) is 7.36. The number of carbonyl (C=O) groups excluding carboxylic acids is 1. The summed E-state index contributed by atoms with van der Waals surface area (Å²) in [5.41, 5.74) is 2.51. The average Bonchev–Trinajstić information content (AvgIpc) is 2.91.